The van der Waals surface area contributed by atoms with Crippen molar-refractivity contribution >= 4 is 23.5 Å². The molecule has 136 valence electrons. The molecule has 1 atom stereocenters. The van der Waals surface area contributed by atoms with Crippen molar-refractivity contribution in [3.05, 3.63) is 42.2 Å². The number of amides is 1. The van der Waals surface area contributed by atoms with Crippen LogP contribution in [-0.4, -0.2) is 35.0 Å². The SMILES string of the molecule is Cc1cccc(Sc2nccnc2N2CCC[C@@H](C(=O)NC3CC3)C2)c1. The van der Waals surface area contributed by atoms with E-state index in [1.165, 1.54) is 5.56 Å². The lowest BCUT2D eigenvalue weighted by atomic mass is 9.97. The average molecular weight is 369 g/mol. The minimum atomic E-state index is 0.0446. The fraction of sp³-hybridized carbons (Fsp3) is 0.450. The van der Waals surface area contributed by atoms with Gasteiger partial charge in [-0.05, 0) is 44.7 Å². The van der Waals surface area contributed by atoms with Crippen LogP contribution < -0.4 is 10.2 Å². The highest BCUT2D eigenvalue weighted by atomic mass is 32.2. The first-order valence-corrected chi connectivity index (χ1v) is 10.1. The molecule has 0 unspecified atom stereocenters. The lowest BCUT2D eigenvalue weighted by Gasteiger charge is -2.33. The molecule has 1 amide bonds. The Morgan fingerprint density at radius 1 is 1.23 bits per heavy atom. The predicted molar refractivity (Wildman–Crippen MR) is 103 cm³/mol. The van der Waals surface area contributed by atoms with E-state index in [0.29, 0.717) is 6.04 Å². The van der Waals surface area contributed by atoms with Gasteiger partial charge in [0.15, 0.2) is 5.82 Å². The van der Waals surface area contributed by atoms with Crippen molar-refractivity contribution in [2.45, 2.75) is 48.6 Å². The molecule has 1 saturated heterocycles. The molecule has 0 bridgehead atoms. The number of rotatable bonds is 5. The van der Waals surface area contributed by atoms with Crippen LogP contribution in [0.3, 0.4) is 0 Å². The van der Waals surface area contributed by atoms with Gasteiger partial charge in [0.25, 0.3) is 0 Å². The van der Waals surface area contributed by atoms with E-state index in [1.807, 2.05) is 0 Å². The lowest BCUT2D eigenvalue weighted by molar-refractivity contribution is -0.125. The van der Waals surface area contributed by atoms with Gasteiger partial charge in [0.2, 0.25) is 5.91 Å². The molecule has 1 N–H and O–H groups in total. The van der Waals surface area contributed by atoms with E-state index < -0.39 is 0 Å². The van der Waals surface area contributed by atoms with Gasteiger partial charge in [0, 0.05) is 36.4 Å². The number of nitrogens with one attached hydrogen (secondary N) is 1. The van der Waals surface area contributed by atoms with Crippen LogP contribution in [0.1, 0.15) is 31.2 Å². The number of hydrogen-bond acceptors (Lipinski definition) is 5. The van der Waals surface area contributed by atoms with E-state index in [2.05, 4.69) is 51.4 Å². The highest BCUT2D eigenvalue weighted by Crippen LogP contribution is 2.34. The second kappa shape index (κ2) is 7.66. The van der Waals surface area contributed by atoms with E-state index >= 15 is 0 Å². The normalized spacial score (nSPS) is 20.0. The summed E-state index contributed by atoms with van der Waals surface area (Å²) in [5.74, 6) is 1.14. The Kier molecular flexibility index (Phi) is 5.11. The van der Waals surface area contributed by atoms with Crippen LogP contribution in [0.5, 0.6) is 0 Å². The molecule has 0 spiro atoms. The highest BCUT2D eigenvalue weighted by molar-refractivity contribution is 7.99. The number of carbonyl (C=O) groups is 1. The zero-order chi connectivity index (χ0) is 17.9. The van der Waals surface area contributed by atoms with E-state index in [-0.39, 0.29) is 11.8 Å². The van der Waals surface area contributed by atoms with Crippen LogP contribution in [0, 0.1) is 12.8 Å². The maximum Gasteiger partial charge on any atom is 0.225 e. The molecule has 2 heterocycles. The molecule has 4 rings (SSSR count). The number of aromatic nitrogens is 2. The molecular formula is C20H24N4OS. The van der Waals surface area contributed by atoms with E-state index in [0.717, 1.165) is 54.5 Å². The summed E-state index contributed by atoms with van der Waals surface area (Å²) in [4.78, 5) is 25.0. The van der Waals surface area contributed by atoms with Crippen LogP contribution in [0.2, 0.25) is 0 Å². The second-order valence-corrected chi connectivity index (χ2v) is 8.23. The van der Waals surface area contributed by atoms with Crippen molar-refractivity contribution < 1.29 is 4.79 Å². The number of benzene rings is 1. The van der Waals surface area contributed by atoms with Gasteiger partial charge in [-0.3, -0.25) is 4.79 Å². The standard InChI is InChI=1S/C20H24N4OS/c1-14-4-2-6-17(12-14)26-20-18(21-9-10-22-20)24-11-3-5-15(13-24)19(25)23-16-7-8-16/h2,4,6,9-10,12,15-16H,3,5,7-8,11,13H2,1H3,(H,23,25)/t15-/m1/s1. The van der Waals surface area contributed by atoms with Crippen LogP contribution in [0.4, 0.5) is 5.82 Å². The number of nitrogens with zero attached hydrogens (tertiary/aromatic N) is 3. The van der Waals surface area contributed by atoms with Crippen molar-refractivity contribution in [1.29, 1.82) is 0 Å². The molecule has 1 aromatic carbocycles. The van der Waals surface area contributed by atoms with Gasteiger partial charge < -0.3 is 10.2 Å². The van der Waals surface area contributed by atoms with Gasteiger partial charge >= 0.3 is 0 Å². The number of piperidine rings is 1. The fourth-order valence-corrected chi connectivity index (χ4v) is 4.33. The van der Waals surface area contributed by atoms with E-state index in [1.54, 1.807) is 24.2 Å². The Bertz CT molecular complexity index is 793. The second-order valence-electron chi connectivity index (χ2n) is 7.17. The topological polar surface area (TPSA) is 58.1 Å². The molecule has 5 nitrogen and oxygen atoms in total. The maximum absolute atomic E-state index is 12.5. The summed E-state index contributed by atoms with van der Waals surface area (Å²) in [5.41, 5.74) is 1.23. The summed E-state index contributed by atoms with van der Waals surface area (Å²) >= 11 is 1.64. The number of aryl methyl sites for hydroxylation is 1. The van der Waals surface area contributed by atoms with Crippen molar-refractivity contribution in [1.82, 2.24) is 15.3 Å². The van der Waals surface area contributed by atoms with Crippen LogP contribution >= 0.6 is 11.8 Å². The predicted octanol–water partition coefficient (Wildman–Crippen LogP) is 3.43. The first-order valence-electron chi connectivity index (χ1n) is 9.30. The summed E-state index contributed by atoms with van der Waals surface area (Å²) in [7, 11) is 0. The third kappa shape index (κ3) is 4.18. The molecule has 26 heavy (non-hydrogen) atoms. The van der Waals surface area contributed by atoms with Crippen LogP contribution in [0.15, 0.2) is 46.6 Å². The van der Waals surface area contributed by atoms with E-state index in [4.69, 9.17) is 0 Å². The third-order valence-corrected chi connectivity index (χ3v) is 5.84. The molecule has 2 fully saturated rings. The Balaban J connectivity index is 1.50. The monoisotopic (exact) mass is 368 g/mol. The Morgan fingerprint density at radius 2 is 2.08 bits per heavy atom. The maximum atomic E-state index is 12.5. The highest BCUT2D eigenvalue weighted by Gasteiger charge is 2.31. The first-order chi connectivity index (χ1) is 12.7. The molecule has 1 aromatic heterocycles. The smallest absolute Gasteiger partial charge is 0.225 e. The Hall–Kier alpha value is -2.08. The zero-order valence-corrected chi connectivity index (χ0v) is 15.8. The number of hydrogen-bond donors (Lipinski definition) is 1. The largest absolute Gasteiger partial charge is 0.354 e. The zero-order valence-electron chi connectivity index (χ0n) is 15.0. The summed E-state index contributed by atoms with van der Waals surface area (Å²) < 4.78 is 0. The third-order valence-electron chi connectivity index (χ3n) is 4.87. The average Bonchev–Trinajstić information content (AvgIpc) is 3.46. The van der Waals surface area contributed by atoms with Crippen molar-refractivity contribution in [2.24, 2.45) is 5.92 Å². The van der Waals surface area contributed by atoms with Crippen molar-refractivity contribution in [2.75, 3.05) is 18.0 Å². The van der Waals surface area contributed by atoms with Gasteiger partial charge in [-0.1, -0.05) is 29.5 Å². The van der Waals surface area contributed by atoms with Gasteiger partial charge in [0.05, 0.1) is 5.92 Å². The number of carbonyl (C=O) groups excluding carboxylic acids is 1. The van der Waals surface area contributed by atoms with Crippen molar-refractivity contribution in [3.8, 4) is 0 Å². The molecular weight excluding hydrogens is 344 g/mol. The molecule has 1 aliphatic heterocycles. The van der Waals surface area contributed by atoms with Gasteiger partial charge in [-0.15, -0.1) is 0 Å². The Labute approximate surface area is 158 Å². The quantitative estimate of drug-likeness (QED) is 0.876. The molecule has 1 saturated carbocycles. The summed E-state index contributed by atoms with van der Waals surface area (Å²) in [5, 5.41) is 4.05. The molecule has 2 aliphatic rings. The Morgan fingerprint density at radius 3 is 2.88 bits per heavy atom. The molecule has 0 radical (unpaired) electrons. The minimum Gasteiger partial charge on any atom is -0.354 e. The van der Waals surface area contributed by atoms with Gasteiger partial charge in [-0.2, -0.15) is 0 Å². The number of anilines is 1. The van der Waals surface area contributed by atoms with Gasteiger partial charge in [0.1, 0.15) is 5.03 Å². The lowest BCUT2D eigenvalue weighted by Crippen LogP contribution is -2.44. The fourth-order valence-electron chi connectivity index (χ4n) is 3.33. The molecule has 6 heteroatoms. The summed E-state index contributed by atoms with van der Waals surface area (Å²) in [6, 6.07) is 8.83. The van der Waals surface area contributed by atoms with Crippen LogP contribution in [-0.2, 0) is 4.79 Å². The molecule has 1 aliphatic carbocycles. The summed E-state index contributed by atoms with van der Waals surface area (Å²) in [6.45, 7) is 3.74. The van der Waals surface area contributed by atoms with Gasteiger partial charge in [-0.25, -0.2) is 9.97 Å². The van der Waals surface area contributed by atoms with Crippen molar-refractivity contribution in [3.63, 3.8) is 0 Å². The van der Waals surface area contributed by atoms with Crippen LogP contribution in [0.25, 0.3) is 0 Å². The summed E-state index contributed by atoms with van der Waals surface area (Å²) in [6.07, 6.45) is 7.70. The minimum absolute atomic E-state index is 0.0446. The first kappa shape index (κ1) is 17.3. The molecule has 2 aromatic rings. The van der Waals surface area contributed by atoms with E-state index in [9.17, 15) is 4.79 Å².